The van der Waals surface area contributed by atoms with Crippen LogP contribution in [0.3, 0.4) is 0 Å². The molecule has 0 radical (unpaired) electrons. The number of hydrogen-bond acceptors (Lipinski definition) is 3. The van der Waals surface area contributed by atoms with Crippen LogP contribution in [0.15, 0.2) is 36.5 Å². The van der Waals surface area contributed by atoms with Crippen LogP contribution in [0.25, 0.3) is 10.9 Å². The molecule has 0 aliphatic heterocycles. The van der Waals surface area contributed by atoms with E-state index in [4.69, 9.17) is 19.8 Å². The largest absolute Gasteiger partial charge is 0.576 e. The third-order valence-electron chi connectivity index (χ3n) is 2.79. The molecule has 5 N–H and O–H groups in total. The van der Waals surface area contributed by atoms with Gasteiger partial charge >= 0.3 is 0 Å². The van der Waals surface area contributed by atoms with Crippen LogP contribution in [-0.4, -0.2) is 74.4 Å². The normalized spacial score (nSPS) is 9.11. The number of aromatic hydroxyl groups is 1. The molecule has 0 fully saturated rings. The fourth-order valence-electron chi connectivity index (χ4n) is 1.87. The molecule has 0 aliphatic rings. The summed E-state index contributed by atoms with van der Waals surface area (Å²) in [7, 11) is 0. The number of carboxylic acid groups (broad SMARTS) is 2. The maximum Gasteiger partial charge on any atom is 0.300 e. The van der Waals surface area contributed by atoms with Crippen molar-refractivity contribution in [1.82, 2.24) is 4.98 Å². The second-order valence-electron chi connectivity index (χ2n) is 5.21. The molecular weight excluding hydrogens is 420 g/mol. The summed E-state index contributed by atoms with van der Waals surface area (Å²) in [4.78, 5) is 22.4. The van der Waals surface area contributed by atoms with Crippen molar-refractivity contribution in [3.8, 4) is 5.75 Å². The number of carboxylic acids is 2. The van der Waals surface area contributed by atoms with Gasteiger partial charge in [-0.3, -0.25) is 9.59 Å². The van der Waals surface area contributed by atoms with Gasteiger partial charge in [-0.25, -0.2) is 4.98 Å². The number of fused-ring (bicyclic) bond motifs is 1. The van der Waals surface area contributed by atoms with E-state index >= 15 is 0 Å². The Morgan fingerprint density at radius 3 is 2.07 bits per heavy atom. The molecule has 9 heteroatoms. The topological polar surface area (TPSA) is 126 Å². The summed E-state index contributed by atoms with van der Waals surface area (Å²) in [5.74, 6) is -0.716. The predicted molar refractivity (Wildman–Crippen MR) is 104 cm³/mol. The van der Waals surface area contributed by atoms with Gasteiger partial charge in [0.25, 0.3) is 17.7 Å². The first kappa shape index (κ1) is 28.1. The van der Waals surface area contributed by atoms with E-state index in [2.05, 4.69) is 31.3 Å². The van der Waals surface area contributed by atoms with Crippen LogP contribution in [0.1, 0.15) is 20.8 Å². The molecule has 1 aromatic carbocycles. The number of para-hydroxylation sites is 1. The summed E-state index contributed by atoms with van der Waals surface area (Å²) in [6, 6.07) is 10.1. The number of rotatable bonds is 8. The number of carbonyl (C=O) groups is 2. The third-order valence-corrected chi connectivity index (χ3v) is 2.79. The van der Waals surface area contributed by atoms with Crippen molar-refractivity contribution >= 4 is 22.8 Å². The smallest absolute Gasteiger partial charge is 0.300 e. The van der Waals surface area contributed by atoms with Gasteiger partial charge in [-0.05, 0) is 6.07 Å². The Morgan fingerprint density at radius 2 is 1.46 bits per heavy atom. The SMILES string of the molecule is CC(=O)O.CC(=O)O.CC[OH+]CC[OH+]CC[OH+]c1cccc2cccnc12.[Zn]. The minimum absolute atomic E-state index is 0. The number of aliphatic carboxylic acids is 2. The first-order valence-corrected chi connectivity index (χ1v) is 8.55. The second-order valence-corrected chi connectivity index (χ2v) is 5.21. The zero-order chi connectivity index (χ0) is 20.5. The number of ether oxygens (including phenoxy) is 3. The molecule has 0 aliphatic carbocycles. The van der Waals surface area contributed by atoms with Gasteiger partial charge in [-0.2, -0.15) is 0 Å². The number of nitrogens with zero attached hydrogens (tertiary/aromatic N) is 1. The average molecular weight is 450 g/mol. The number of aromatic nitrogens is 1. The molecule has 0 atom stereocenters. The summed E-state index contributed by atoms with van der Waals surface area (Å²) in [5, 5.41) is 16.0. The summed E-state index contributed by atoms with van der Waals surface area (Å²) in [6.07, 6.45) is 1.80. The standard InChI is InChI=1S/C15H19NO3.2C2H4O2.Zn/c1-2-17-9-10-18-11-12-19-14-7-3-5-13-6-4-8-16-15(13)14;2*1-2(3)4;/h3-8H,2,9-12H2,1H3;2*1H3,(H,3,4);/p+3. The van der Waals surface area contributed by atoms with Crippen LogP contribution in [0.2, 0.25) is 0 Å². The van der Waals surface area contributed by atoms with Crippen molar-refractivity contribution in [3.05, 3.63) is 36.5 Å². The van der Waals surface area contributed by atoms with E-state index in [1.807, 2.05) is 25.1 Å². The minimum atomic E-state index is -0.833. The van der Waals surface area contributed by atoms with Crippen LogP contribution >= 0.6 is 0 Å². The predicted octanol–water partition coefficient (Wildman–Crippen LogP) is 1.73. The maximum atomic E-state index is 9.00. The van der Waals surface area contributed by atoms with Gasteiger partial charge in [-0.15, -0.1) is 0 Å². The first-order chi connectivity index (χ1) is 12.9. The number of benzene rings is 1. The van der Waals surface area contributed by atoms with Gasteiger partial charge < -0.3 is 24.4 Å². The fourth-order valence-corrected chi connectivity index (χ4v) is 1.87. The van der Waals surface area contributed by atoms with Gasteiger partial charge in [0.2, 0.25) is 26.4 Å². The Labute approximate surface area is 177 Å². The second kappa shape index (κ2) is 18.3. The van der Waals surface area contributed by atoms with Gasteiger partial charge in [0.05, 0.1) is 0 Å². The minimum Gasteiger partial charge on any atom is -0.576 e. The van der Waals surface area contributed by atoms with E-state index in [9.17, 15) is 0 Å². The van der Waals surface area contributed by atoms with Gasteiger partial charge in [0.15, 0.2) is 5.52 Å². The van der Waals surface area contributed by atoms with Crippen LogP contribution in [0.4, 0.5) is 0 Å². The van der Waals surface area contributed by atoms with Crippen molar-refractivity contribution in [2.45, 2.75) is 20.8 Å². The molecule has 2 rings (SSSR count). The summed E-state index contributed by atoms with van der Waals surface area (Å²) in [5.41, 5.74) is 0.964. The van der Waals surface area contributed by atoms with Gasteiger partial charge in [0.1, 0.15) is 6.61 Å². The van der Waals surface area contributed by atoms with Crippen molar-refractivity contribution in [1.29, 1.82) is 0 Å². The molecular formula is C19H30NO7Zn+3. The Bertz CT molecular complexity index is 657. The maximum absolute atomic E-state index is 9.00. The molecule has 0 spiro atoms. The molecule has 28 heavy (non-hydrogen) atoms. The average Bonchev–Trinajstić information content (AvgIpc) is 2.60. The molecule has 0 amide bonds. The molecule has 1 aromatic heterocycles. The van der Waals surface area contributed by atoms with Gasteiger partial charge in [-0.1, -0.05) is 18.2 Å². The van der Waals surface area contributed by atoms with Crippen molar-refractivity contribution in [3.63, 3.8) is 0 Å². The monoisotopic (exact) mass is 448 g/mol. The Balaban J connectivity index is 0. The van der Waals surface area contributed by atoms with E-state index < -0.39 is 11.9 Å². The van der Waals surface area contributed by atoms with Crippen LogP contribution < -0.4 is 0 Å². The first-order valence-electron chi connectivity index (χ1n) is 8.55. The quantitative estimate of drug-likeness (QED) is 0.360. The molecule has 8 nitrogen and oxygen atoms in total. The summed E-state index contributed by atoms with van der Waals surface area (Å²) < 4.78 is 13.2. The molecule has 2 aromatic rings. The van der Waals surface area contributed by atoms with Crippen molar-refractivity contribution in [2.75, 3.05) is 33.0 Å². The molecule has 152 valence electrons. The third kappa shape index (κ3) is 16.1. The van der Waals surface area contributed by atoms with E-state index in [1.54, 1.807) is 6.20 Å². The van der Waals surface area contributed by atoms with Gasteiger partial charge in [0, 0.05) is 57.9 Å². The van der Waals surface area contributed by atoms with E-state index in [0.717, 1.165) is 56.9 Å². The molecule has 0 saturated heterocycles. The van der Waals surface area contributed by atoms with E-state index in [1.165, 1.54) is 0 Å². The number of pyridine rings is 1. The van der Waals surface area contributed by atoms with E-state index in [0.29, 0.717) is 6.61 Å². The molecule has 0 saturated carbocycles. The zero-order valence-corrected chi connectivity index (χ0v) is 19.7. The van der Waals surface area contributed by atoms with Crippen molar-refractivity contribution in [2.24, 2.45) is 0 Å². The van der Waals surface area contributed by atoms with Crippen LogP contribution in [0, 0.1) is 0 Å². The number of hydrogen-bond donors (Lipinski definition) is 2. The fraction of sp³-hybridized carbons (Fsp3) is 0.421. The zero-order valence-electron chi connectivity index (χ0n) is 16.7. The Kier molecular flexibility index (Phi) is 18.4. The molecule has 0 unspecified atom stereocenters. The summed E-state index contributed by atoms with van der Waals surface area (Å²) >= 11 is 0. The summed E-state index contributed by atoms with van der Waals surface area (Å²) in [6.45, 7) is 8.18. The number of aliphatic hydroxyl groups is 5. The van der Waals surface area contributed by atoms with Crippen LogP contribution in [-0.2, 0) is 29.1 Å². The Morgan fingerprint density at radius 1 is 0.929 bits per heavy atom. The molecule has 1 heterocycles. The van der Waals surface area contributed by atoms with Crippen molar-refractivity contribution < 1.29 is 53.5 Å². The van der Waals surface area contributed by atoms with Crippen LogP contribution in [0.5, 0.6) is 5.75 Å². The Hall–Kier alpha value is -2.09. The van der Waals surface area contributed by atoms with E-state index in [-0.39, 0.29) is 19.5 Å². The molecule has 0 bridgehead atoms.